The summed E-state index contributed by atoms with van der Waals surface area (Å²) in [6.07, 6.45) is 4.66. The minimum atomic E-state index is -0.765. The van der Waals surface area contributed by atoms with Gasteiger partial charge in [0.25, 0.3) is 0 Å². The maximum Gasteiger partial charge on any atom is 0.303 e. The van der Waals surface area contributed by atoms with Gasteiger partial charge in [-0.3, -0.25) is 4.79 Å². The van der Waals surface area contributed by atoms with Gasteiger partial charge in [0.15, 0.2) is 0 Å². The minimum Gasteiger partial charge on any atom is -0.481 e. The van der Waals surface area contributed by atoms with Gasteiger partial charge in [0, 0.05) is 18.5 Å². The summed E-state index contributed by atoms with van der Waals surface area (Å²) < 4.78 is 0. The highest BCUT2D eigenvalue weighted by Gasteiger charge is 2.12. The highest BCUT2D eigenvalue weighted by Crippen LogP contribution is 2.07. The Morgan fingerprint density at radius 1 is 1.21 bits per heavy atom. The number of carbonyl (C=O) groups is 1. The molecule has 5 N–H and O–H groups in total. The largest absolute Gasteiger partial charge is 0.481 e. The van der Waals surface area contributed by atoms with E-state index >= 15 is 0 Å². The fourth-order valence-electron chi connectivity index (χ4n) is 1.36. The molecule has 0 saturated carbocycles. The van der Waals surface area contributed by atoms with Gasteiger partial charge in [0.2, 0.25) is 0 Å². The fourth-order valence-corrected chi connectivity index (χ4v) is 1.36. The second-order valence-electron chi connectivity index (χ2n) is 3.76. The van der Waals surface area contributed by atoms with Crippen LogP contribution < -0.4 is 11.5 Å². The van der Waals surface area contributed by atoms with E-state index in [0.717, 1.165) is 19.3 Å². The zero-order chi connectivity index (χ0) is 11.0. The summed E-state index contributed by atoms with van der Waals surface area (Å²) in [7, 11) is 0. The molecule has 14 heavy (non-hydrogen) atoms. The third-order valence-corrected chi connectivity index (χ3v) is 2.37. The van der Waals surface area contributed by atoms with Crippen LogP contribution in [0, 0.1) is 0 Å². The standard InChI is InChI=1S/C10H22N2O2/c1-2-3-5-8(11)9(12)6-4-7-10(13)14/h8-9H,2-7,11-12H2,1H3,(H,13,14). The predicted octanol–water partition coefficient (Wildman–Crippen LogP) is 1.09. The Bertz CT molecular complexity index is 162. The van der Waals surface area contributed by atoms with Gasteiger partial charge in [0.05, 0.1) is 0 Å². The molecule has 2 unspecified atom stereocenters. The maximum atomic E-state index is 10.3. The molecule has 0 aromatic rings. The summed E-state index contributed by atoms with van der Waals surface area (Å²) in [5.41, 5.74) is 11.7. The van der Waals surface area contributed by atoms with Gasteiger partial charge in [-0.2, -0.15) is 0 Å². The highest BCUT2D eigenvalue weighted by molar-refractivity contribution is 5.66. The molecule has 4 nitrogen and oxygen atoms in total. The molecule has 0 aromatic heterocycles. The second-order valence-corrected chi connectivity index (χ2v) is 3.76. The van der Waals surface area contributed by atoms with Crippen molar-refractivity contribution in [2.45, 2.75) is 57.5 Å². The van der Waals surface area contributed by atoms with Crippen LogP contribution in [-0.2, 0) is 4.79 Å². The van der Waals surface area contributed by atoms with Crippen molar-refractivity contribution in [3.05, 3.63) is 0 Å². The van der Waals surface area contributed by atoms with Crippen LogP contribution in [0.2, 0.25) is 0 Å². The Morgan fingerprint density at radius 3 is 2.14 bits per heavy atom. The molecule has 0 radical (unpaired) electrons. The zero-order valence-electron chi connectivity index (χ0n) is 8.91. The van der Waals surface area contributed by atoms with E-state index in [4.69, 9.17) is 16.6 Å². The van der Waals surface area contributed by atoms with Gasteiger partial charge >= 0.3 is 5.97 Å². The molecule has 0 rings (SSSR count). The van der Waals surface area contributed by atoms with Gasteiger partial charge in [0.1, 0.15) is 0 Å². The lowest BCUT2D eigenvalue weighted by Gasteiger charge is -2.19. The predicted molar refractivity (Wildman–Crippen MR) is 57.0 cm³/mol. The molecule has 0 bridgehead atoms. The third kappa shape index (κ3) is 6.86. The van der Waals surface area contributed by atoms with Crippen LogP contribution in [0.5, 0.6) is 0 Å². The lowest BCUT2D eigenvalue weighted by atomic mass is 9.99. The van der Waals surface area contributed by atoms with E-state index in [-0.39, 0.29) is 18.5 Å². The summed E-state index contributed by atoms with van der Waals surface area (Å²) in [5.74, 6) is -0.765. The Balaban J connectivity index is 3.50. The highest BCUT2D eigenvalue weighted by atomic mass is 16.4. The summed E-state index contributed by atoms with van der Waals surface area (Å²) in [6, 6.07) is -0.0374. The van der Waals surface area contributed by atoms with Crippen molar-refractivity contribution in [1.29, 1.82) is 0 Å². The maximum absolute atomic E-state index is 10.3. The molecule has 0 spiro atoms. The van der Waals surface area contributed by atoms with E-state index in [9.17, 15) is 4.79 Å². The number of nitrogens with two attached hydrogens (primary N) is 2. The molecule has 0 aliphatic heterocycles. The molecule has 84 valence electrons. The lowest BCUT2D eigenvalue weighted by molar-refractivity contribution is -0.137. The topological polar surface area (TPSA) is 89.3 Å². The average molecular weight is 202 g/mol. The summed E-state index contributed by atoms with van der Waals surface area (Å²) in [6.45, 7) is 2.11. The average Bonchev–Trinajstić information content (AvgIpc) is 2.13. The van der Waals surface area contributed by atoms with Crippen LogP contribution in [0.1, 0.15) is 45.4 Å². The molecule has 0 aliphatic carbocycles. The molecule has 2 atom stereocenters. The number of hydrogen-bond donors (Lipinski definition) is 3. The number of carboxylic acids is 1. The van der Waals surface area contributed by atoms with E-state index in [1.54, 1.807) is 0 Å². The number of carboxylic acid groups (broad SMARTS) is 1. The fraction of sp³-hybridized carbons (Fsp3) is 0.900. The molecular weight excluding hydrogens is 180 g/mol. The molecule has 0 saturated heterocycles. The van der Waals surface area contributed by atoms with Crippen molar-refractivity contribution in [3.63, 3.8) is 0 Å². The van der Waals surface area contributed by atoms with Crippen LogP contribution in [0.3, 0.4) is 0 Å². The third-order valence-electron chi connectivity index (χ3n) is 2.37. The van der Waals surface area contributed by atoms with Crippen LogP contribution in [-0.4, -0.2) is 23.2 Å². The Morgan fingerprint density at radius 2 is 1.71 bits per heavy atom. The van der Waals surface area contributed by atoms with Gasteiger partial charge in [-0.1, -0.05) is 19.8 Å². The Labute approximate surface area is 85.7 Å². The minimum absolute atomic E-state index is 0.0174. The van der Waals surface area contributed by atoms with Crippen molar-refractivity contribution in [1.82, 2.24) is 0 Å². The van der Waals surface area contributed by atoms with Crippen LogP contribution in [0.25, 0.3) is 0 Å². The SMILES string of the molecule is CCCCC(N)C(N)CCCC(=O)O. The van der Waals surface area contributed by atoms with Gasteiger partial charge < -0.3 is 16.6 Å². The summed E-state index contributed by atoms with van der Waals surface area (Å²) in [4.78, 5) is 10.3. The van der Waals surface area contributed by atoms with E-state index in [0.29, 0.717) is 12.8 Å². The molecular formula is C10H22N2O2. The Hall–Kier alpha value is -0.610. The van der Waals surface area contributed by atoms with Crippen molar-refractivity contribution in [2.24, 2.45) is 11.5 Å². The zero-order valence-corrected chi connectivity index (χ0v) is 8.91. The number of rotatable bonds is 8. The van der Waals surface area contributed by atoms with E-state index in [1.807, 2.05) is 0 Å². The molecule has 0 fully saturated rings. The Kier molecular flexibility index (Phi) is 7.42. The van der Waals surface area contributed by atoms with E-state index in [2.05, 4.69) is 6.92 Å². The van der Waals surface area contributed by atoms with E-state index < -0.39 is 5.97 Å². The van der Waals surface area contributed by atoms with Crippen molar-refractivity contribution < 1.29 is 9.90 Å². The first kappa shape index (κ1) is 13.4. The van der Waals surface area contributed by atoms with Crippen LogP contribution >= 0.6 is 0 Å². The van der Waals surface area contributed by atoms with E-state index in [1.165, 1.54) is 0 Å². The number of aliphatic carboxylic acids is 1. The molecule has 0 aromatic carbocycles. The number of unbranched alkanes of at least 4 members (excludes halogenated alkanes) is 1. The van der Waals surface area contributed by atoms with Gasteiger partial charge in [-0.05, 0) is 19.3 Å². The van der Waals surface area contributed by atoms with Crippen LogP contribution in [0.15, 0.2) is 0 Å². The molecule has 0 amide bonds. The first-order chi connectivity index (χ1) is 6.57. The second kappa shape index (κ2) is 7.76. The first-order valence-electron chi connectivity index (χ1n) is 5.30. The molecule has 0 aliphatic rings. The normalized spacial score (nSPS) is 15.1. The number of hydrogen-bond acceptors (Lipinski definition) is 3. The smallest absolute Gasteiger partial charge is 0.303 e. The molecule has 0 heterocycles. The lowest BCUT2D eigenvalue weighted by Crippen LogP contribution is -2.41. The monoisotopic (exact) mass is 202 g/mol. The van der Waals surface area contributed by atoms with Gasteiger partial charge in [-0.25, -0.2) is 0 Å². The summed E-state index contributed by atoms with van der Waals surface area (Å²) in [5, 5.41) is 8.43. The van der Waals surface area contributed by atoms with Crippen molar-refractivity contribution >= 4 is 5.97 Å². The van der Waals surface area contributed by atoms with Crippen molar-refractivity contribution in [2.75, 3.05) is 0 Å². The first-order valence-corrected chi connectivity index (χ1v) is 5.30. The van der Waals surface area contributed by atoms with Crippen molar-refractivity contribution in [3.8, 4) is 0 Å². The summed E-state index contributed by atoms with van der Waals surface area (Å²) >= 11 is 0. The van der Waals surface area contributed by atoms with Crippen LogP contribution in [0.4, 0.5) is 0 Å². The quantitative estimate of drug-likeness (QED) is 0.549. The molecule has 4 heteroatoms. The van der Waals surface area contributed by atoms with Gasteiger partial charge in [-0.15, -0.1) is 0 Å².